The molecule has 0 N–H and O–H groups in total. The molecule has 0 aliphatic carbocycles. The van der Waals surface area contributed by atoms with Crippen molar-refractivity contribution in [3.8, 4) is 0 Å². The fraction of sp³-hybridized carbons (Fsp3) is 0.919. The van der Waals surface area contributed by atoms with Gasteiger partial charge in [0.05, 0.1) is 0 Å². The summed E-state index contributed by atoms with van der Waals surface area (Å²) in [5, 5.41) is -0.311. The molecular weight excluding hydrogens is 755 g/mol. The summed E-state index contributed by atoms with van der Waals surface area (Å²) in [6.07, 6.45) is 20.9. The minimum Gasteiger partial charge on any atom is -0.0628 e. The smallest absolute Gasteiger partial charge is 0.0628 e. The Balaban J connectivity index is 4.52. The monoisotopic (exact) mass is 827 g/mol. The van der Waals surface area contributed by atoms with Gasteiger partial charge >= 0.3 is 266 Å². The van der Waals surface area contributed by atoms with Crippen LogP contribution in [0.2, 0.25) is 0 Å². The minimum atomic E-state index is -2.50. The van der Waals surface area contributed by atoms with Gasteiger partial charge in [-0.3, -0.25) is 0 Å². The summed E-state index contributed by atoms with van der Waals surface area (Å²) in [4.78, 5) is 37.8. The zero-order valence-corrected chi connectivity index (χ0v) is 36.6. The van der Waals surface area contributed by atoms with E-state index >= 15 is 0 Å². The van der Waals surface area contributed by atoms with Crippen LogP contribution in [0.4, 0.5) is 0 Å². The fourth-order valence-electron chi connectivity index (χ4n) is 4.84. The molecule has 0 saturated heterocycles. The summed E-state index contributed by atoms with van der Waals surface area (Å²) < 4.78 is 16.6. The predicted octanol–water partition coefficient (Wildman–Crippen LogP) is 11.2. The first kappa shape index (κ1) is 47.3. The molecular formula is C37H71O6S3Sn. The van der Waals surface area contributed by atoms with Crippen molar-refractivity contribution in [2.75, 3.05) is 31.3 Å². The number of ether oxygens (including phenoxy) is 3. The van der Waals surface area contributed by atoms with Crippen molar-refractivity contribution in [2.24, 2.45) is 17.8 Å². The van der Waals surface area contributed by atoms with Crippen molar-refractivity contribution < 1.29 is 28.6 Å². The minimum absolute atomic E-state index is 0.193. The first-order valence-electron chi connectivity index (χ1n) is 18.8. The number of carbonyl (C=O) groups is 3. The van der Waals surface area contributed by atoms with Crippen LogP contribution in [0.1, 0.15) is 164 Å². The van der Waals surface area contributed by atoms with Gasteiger partial charge in [0.15, 0.2) is 0 Å². The summed E-state index contributed by atoms with van der Waals surface area (Å²) in [6, 6.07) is 0. The van der Waals surface area contributed by atoms with Gasteiger partial charge in [0.1, 0.15) is 0 Å². The second-order valence-electron chi connectivity index (χ2n) is 14.0. The Morgan fingerprint density at radius 3 is 1.15 bits per heavy atom. The molecule has 0 fully saturated rings. The van der Waals surface area contributed by atoms with Crippen LogP contribution in [0.15, 0.2) is 0 Å². The van der Waals surface area contributed by atoms with Gasteiger partial charge in [-0.1, -0.05) is 41.5 Å². The number of hydrogen-bond donors (Lipinski definition) is 0. The molecule has 0 aliphatic heterocycles. The molecule has 0 aliphatic rings. The average molecular weight is 827 g/mol. The molecule has 10 heteroatoms. The Labute approximate surface area is 305 Å². The van der Waals surface area contributed by atoms with Gasteiger partial charge in [0, 0.05) is 0 Å². The van der Waals surface area contributed by atoms with Crippen LogP contribution in [0.3, 0.4) is 0 Å². The van der Waals surface area contributed by atoms with Crippen molar-refractivity contribution in [3.05, 3.63) is 0 Å². The third-order valence-electron chi connectivity index (χ3n) is 7.77. The van der Waals surface area contributed by atoms with Crippen LogP contribution in [-0.4, -0.2) is 70.1 Å². The van der Waals surface area contributed by atoms with Gasteiger partial charge in [-0.05, 0) is 0 Å². The van der Waals surface area contributed by atoms with Crippen LogP contribution in [0.25, 0.3) is 0 Å². The molecule has 0 saturated carbocycles. The number of rotatable bonds is 33. The van der Waals surface area contributed by atoms with Gasteiger partial charge in [-0.25, -0.2) is 0 Å². The molecule has 1 radical (unpaired) electrons. The van der Waals surface area contributed by atoms with Gasteiger partial charge in [0.25, 0.3) is 0 Å². The van der Waals surface area contributed by atoms with E-state index in [9.17, 15) is 14.4 Å². The maximum atomic E-state index is 12.8. The topological polar surface area (TPSA) is 78.9 Å². The molecule has 1 atom stereocenters. The summed E-state index contributed by atoms with van der Waals surface area (Å²) in [7, 11) is 4.85. The van der Waals surface area contributed by atoms with Crippen molar-refractivity contribution in [1.29, 1.82) is 0 Å². The summed E-state index contributed by atoms with van der Waals surface area (Å²) in [5.74, 6) is 2.23. The fourth-order valence-corrected chi connectivity index (χ4v) is 30.3. The van der Waals surface area contributed by atoms with Crippen LogP contribution >= 0.6 is 26.8 Å². The van der Waals surface area contributed by atoms with E-state index in [4.69, 9.17) is 14.2 Å². The maximum absolute atomic E-state index is 12.8. The second kappa shape index (κ2) is 33.4. The van der Waals surface area contributed by atoms with Gasteiger partial charge < -0.3 is 0 Å². The van der Waals surface area contributed by atoms with Crippen LogP contribution in [0.5, 0.6) is 0 Å². The Hall–Kier alpha value is 0.259. The molecule has 0 rings (SSSR count). The Bertz CT molecular complexity index is 728. The second-order valence-corrected chi connectivity index (χ2v) is 37.9. The molecule has 0 aromatic heterocycles. The molecule has 0 amide bonds. The zero-order chi connectivity index (χ0) is 35.1. The van der Waals surface area contributed by atoms with Crippen molar-refractivity contribution in [1.82, 2.24) is 0 Å². The van der Waals surface area contributed by atoms with E-state index in [0.717, 1.165) is 56.3 Å². The standard InChI is InChI=1S/C13H26O2S.2C12H24O2S.Sn/c1-11(2)9-7-5-4-6-8-10-15-13(14)12(3)16;2*1-11(2)8-6-4-3-5-7-9-14-12(13)10-15;/h11-12,16H,4-10H2,1-3H3;2*11,15H,3-10H2,1-2H3;/q;;;+3/p-3. The van der Waals surface area contributed by atoms with E-state index in [1.807, 2.05) is 6.92 Å². The molecule has 0 bridgehead atoms. The van der Waals surface area contributed by atoms with E-state index in [-0.39, 0.29) is 34.7 Å². The van der Waals surface area contributed by atoms with E-state index < -0.39 is 15.6 Å². The summed E-state index contributed by atoms with van der Waals surface area (Å²) in [5.41, 5.74) is 0. The van der Waals surface area contributed by atoms with E-state index in [1.54, 1.807) is 26.8 Å². The molecule has 1 unspecified atom stereocenters. The Kier molecular flexibility index (Phi) is 33.6. The molecule has 0 aromatic carbocycles. The zero-order valence-electron chi connectivity index (χ0n) is 31.2. The molecule has 47 heavy (non-hydrogen) atoms. The molecule has 0 spiro atoms. The summed E-state index contributed by atoms with van der Waals surface area (Å²) in [6.45, 7) is 16.8. The van der Waals surface area contributed by atoms with Crippen molar-refractivity contribution >= 4 is 60.4 Å². The van der Waals surface area contributed by atoms with E-state index in [0.29, 0.717) is 19.8 Å². The third kappa shape index (κ3) is 34.5. The molecule has 6 nitrogen and oxygen atoms in total. The van der Waals surface area contributed by atoms with E-state index in [2.05, 4.69) is 41.5 Å². The third-order valence-corrected chi connectivity index (χ3v) is 34.3. The number of carbonyl (C=O) groups excluding carboxylic acids is 3. The normalized spacial score (nSPS) is 12.3. The van der Waals surface area contributed by atoms with Crippen LogP contribution in [-0.2, 0) is 28.6 Å². The molecule has 0 heterocycles. The number of unbranched alkanes of at least 4 members (excludes halogenated alkanes) is 12. The molecule has 0 aromatic rings. The number of esters is 3. The van der Waals surface area contributed by atoms with Crippen LogP contribution in [0, 0.1) is 17.8 Å². The molecule has 277 valence electrons. The quantitative estimate of drug-likeness (QED) is 0.0278. The van der Waals surface area contributed by atoms with Gasteiger partial charge in [-0.2, -0.15) is 0 Å². The van der Waals surface area contributed by atoms with Crippen LogP contribution < -0.4 is 0 Å². The average Bonchev–Trinajstić information content (AvgIpc) is 3.01. The Morgan fingerprint density at radius 2 is 0.787 bits per heavy atom. The van der Waals surface area contributed by atoms with E-state index in [1.165, 1.54) is 77.0 Å². The van der Waals surface area contributed by atoms with Crippen molar-refractivity contribution in [2.45, 2.75) is 169 Å². The SMILES string of the molecule is CC(C)CCCCCCCOC(=O)C[S][Sn]([S]CC(=O)OCCCCCCCC(C)C)[S]C(C)C(=O)OCCCCCCCC(C)C. The van der Waals surface area contributed by atoms with Gasteiger partial charge in [-0.15, -0.1) is 0 Å². The first-order chi connectivity index (χ1) is 22.5. The van der Waals surface area contributed by atoms with Crippen molar-refractivity contribution in [3.63, 3.8) is 0 Å². The van der Waals surface area contributed by atoms with Gasteiger partial charge in [0.2, 0.25) is 0 Å². The Morgan fingerprint density at radius 1 is 0.468 bits per heavy atom. The first-order valence-corrected chi connectivity index (χ1v) is 32.1. The summed E-state index contributed by atoms with van der Waals surface area (Å²) >= 11 is -2.50. The number of hydrogen-bond acceptors (Lipinski definition) is 9. The predicted molar refractivity (Wildman–Crippen MR) is 208 cm³/mol.